The van der Waals surface area contributed by atoms with Crippen molar-refractivity contribution < 1.29 is 9.21 Å². The van der Waals surface area contributed by atoms with Crippen molar-refractivity contribution in [2.75, 3.05) is 7.05 Å². The van der Waals surface area contributed by atoms with E-state index in [1.165, 1.54) is 0 Å². The Labute approximate surface area is 92.1 Å². The molecular formula is C11H11N3O2. The van der Waals surface area contributed by atoms with E-state index in [-0.39, 0.29) is 11.9 Å². The molecule has 0 saturated carbocycles. The molecule has 5 nitrogen and oxygen atoms in total. The highest BCUT2D eigenvalue weighted by Gasteiger charge is 2.40. The van der Waals surface area contributed by atoms with Crippen LogP contribution in [0.25, 0.3) is 0 Å². The number of aromatic nitrogens is 2. The van der Waals surface area contributed by atoms with E-state index in [0.717, 1.165) is 17.0 Å². The van der Waals surface area contributed by atoms with Crippen LogP contribution in [0.1, 0.15) is 33.5 Å². The quantitative estimate of drug-likeness (QED) is 0.787. The maximum atomic E-state index is 11.9. The van der Waals surface area contributed by atoms with Crippen LogP contribution < -0.4 is 0 Å². The van der Waals surface area contributed by atoms with Crippen molar-refractivity contribution >= 4 is 5.91 Å². The second kappa shape index (κ2) is 2.98. The Balaban J connectivity index is 2.20. The maximum Gasteiger partial charge on any atom is 0.275 e. The molecule has 0 fully saturated rings. The van der Waals surface area contributed by atoms with Gasteiger partial charge in [-0.05, 0) is 19.1 Å². The first-order valence-electron chi connectivity index (χ1n) is 5.05. The summed E-state index contributed by atoms with van der Waals surface area (Å²) in [6.07, 6.45) is 1.61. The Morgan fingerprint density at radius 1 is 1.56 bits per heavy atom. The summed E-state index contributed by atoms with van der Waals surface area (Å²) >= 11 is 0. The second-order valence-corrected chi connectivity index (χ2v) is 3.94. The van der Waals surface area contributed by atoms with Crippen LogP contribution in [0.15, 0.2) is 22.8 Å². The van der Waals surface area contributed by atoms with Crippen LogP contribution in [-0.2, 0) is 0 Å². The molecule has 1 aliphatic heterocycles. The lowest BCUT2D eigenvalue weighted by Gasteiger charge is -2.18. The monoisotopic (exact) mass is 217 g/mol. The van der Waals surface area contributed by atoms with E-state index in [1.54, 1.807) is 18.2 Å². The molecule has 0 aromatic carbocycles. The summed E-state index contributed by atoms with van der Waals surface area (Å²) in [7, 11) is 1.76. The van der Waals surface area contributed by atoms with Gasteiger partial charge in [-0.1, -0.05) is 0 Å². The molecule has 1 aliphatic rings. The molecule has 1 atom stereocenters. The molecule has 0 spiro atoms. The number of hydrogen-bond donors (Lipinski definition) is 1. The Kier molecular flexibility index (Phi) is 1.71. The number of nitrogens with one attached hydrogen (secondary N) is 1. The average molecular weight is 217 g/mol. The molecule has 1 N–H and O–H groups in total. The minimum absolute atomic E-state index is 0.0687. The zero-order chi connectivity index (χ0) is 11.3. The Bertz CT molecular complexity index is 542. The van der Waals surface area contributed by atoms with Gasteiger partial charge >= 0.3 is 0 Å². The highest BCUT2D eigenvalue weighted by atomic mass is 16.3. The molecule has 0 aliphatic carbocycles. The summed E-state index contributed by atoms with van der Waals surface area (Å²) in [5.41, 5.74) is 2.33. The normalized spacial score (nSPS) is 19.2. The molecule has 3 rings (SSSR count). The topological polar surface area (TPSA) is 62.1 Å². The van der Waals surface area contributed by atoms with Crippen molar-refractivity contribution in [3.05, 3.63) is 41.1 Å². The number of amides is 1. The first-order valence-corrected chi connectivity index (χ1v) is 5.05. The molecule has 0 unspecified atom stereocenters. The number of rotatable bonds is 1. The van der Waals surface area contributed by atoms with Crippen molar-refractivity contribution in [3.63, 3.8) is 0 Å². The maximum absolute atomic E-state index is 11.9. The number of carbonyl (C=O) groups is 1. The SMILES string of the molecule is Cc1[nH]nc2c1[C@@H](c1ccco1)N(C)C2=O. The number of aromatic amines is 1. The largest absolute Gasteiger partial charge is 0.467 e. The highest BCUT2D eigenvalue weighted by molar-refractivity contribution is 5.97. The zero-order valence-corrected chi connectivity index (χ0v) is 9.02. The Hall–Kier alpha value is -2.04. The van der Waals surface area contributed by atoms with Gasteiger partial charge in [0.15, 0.2) is 5.69 Å². The number of furan rings is 1. The third-order valence-corrected chi connectivity index (χ3v) is 2.99. The van der Waals surface area contributed by atoms with Gasteiger partial charge in [0.1, 0.15) is 11.8 Å². The van der Waals surface area contributed by atoms with Crippen molar-refractivity contribution in [3.8, 4) is 0 Å². The number of nitrogens with zero attached hydrogens (tertiary/aromatic N) is 2. The molecule has 16 heavy (non-hydrogen) atoms. The molecule has 0 bridgehead atoms. The molecule has 0 saturated heterocycles. The molecule has 3 heterocycles. The van der Waals surface area contributed by atoms with Gasteiger partial charge in [0.2, 0.25) is 0 Å². The predicted molar refractivity (Wildman–Crippen MR) is 56.0 cm³/mol. The van der Waals surface area contributed by atoms with Crippen molar-refractivity contribution in [2.24, 2.45) is 0 Å². The van der Waals surface area contributed by atoms with Gasteiger partial charge in [-0.3, -0.25) is 9.89 Å². The first-order chi connectivity index (χ1) is 7.70. The molecule has 0 radical (unpaired) electrons. The van der Waals surface area contributed by atoms with Crippen LogP contribution >= 0.6 is 0 Å². The number of carbonyl (C=O) groups excluding carboxylic acids is 1. The summed E-state index contributed by atoms with van der Waals surface area (Å²) in [6, 6.07) is 3.54. The van der Waals surface area contributed by atoms with E-state index < -0.39 is 0 Å². The van der Waals surface area contributed by atoms with Gasteiger partial charge in [0.25, 0.3) is 5.91 Å². The van der Waals surface area contributed by atoms with Crippen LogP contribution in [0.2, 0.25) is 0 Å². The molecule has 82 valence electrons. The zero-order valence-electron chi connectivity index (χ0n) is 9.02. The lowest BCUT2D eigenvalue weighted by atomic mass is 10.1. The summed E-state index contributed by atoms with van der Waals surface area (Å²) in [4.78, 5) is 13.6. The van der Waals surface area contributed by atoms with Crippen LogP contribution in [-0.4, -0.2) is 28.1 Å². The fourth-order valence-electron chi connectivity index (χ4n) is 2.19. The standard InChI is InChI=1S/C11H11N3O2/c1-6-8-9(13-12-6)11(15)14(2)10(8)7-4-3-5-16-7/h3-5,10H,1-2H3,(H,12,13)/t10-/m1/s1. The molecule has 1 amide bonds. The minimum atomic E-state index is -0.156. The summed E-state index contributed by atoms with van der Waals surface area (Å²) in [5.74, 6) is 0.694. The summed E-state index contributed by atoms with van der Waals surface area (Å²) in [6.45, 7) is 1.91. The smallest absolute Gasteiger partial charge is 0.275 e. The fourth-order valence-corrected chi connectivity index (χ4v) is 2.19. The van der Waals surface area contributed by atoms with Gasteiger partial charge in [-0.15, -0.1) is 0 Å². The number of fused-ring (bicyclic) bond motifs is 1. The fraction of sp³-hybridized carbons (Fsp3) is 0.273. The number of H-pyrrole nitrogens is 1. The lowest BCUT2D eigenvalue weighted by molar-refractivity contribution is 0.0776. The Morgan fingerprint density at radius 2 is 2.38 bits per heavy atom. The van der Waals surface area contributed by atoms with Crippen molar-refractivity contribution in [1.29, 1.82) is 0 Å². The number of hydrogen-bond acceptors (Lipinski definition) is 3. The van der Waals surface area contributed by atoms with E-state index in [0.29, 0.717) is 5.69 Å². The van der Waals surface area contributed by atoms with Crippen LogP contribution in [0, 0.1) is 6.92 Å². The summed E-state index contributed by atoms with van der Waals surface area (Å²) < 4.78 is 5.38. The lowest BCUT2D eigenvalue weighted by Crippen LogP contribution is -2.24. The van der Waals surface area contributed by atoms with Crippen LogP contribution in [0.5, 0.6) is 0 Å². The minimum Gasteiger partial charge on any atom is -0.467 e. The van der Waals surface area contributed by atoms with E-state index >= 15 is 0 Å². The Morgan fingerprint density at radius 3 is 3.06 bits per heavy atom. The van der Waals surface area contributed by atoms with Crippen molar-refractivity contribution in [2.45, 2.75) is 13.0 Å². The molecule has 5 heteroatoms. The van der Waals surface area contributed by atoms with Gasteiger partial charge in [-0.2, -0.15) is 5.10 Å². The van der Waals surface area contributed by atoms with Crippen LogP contribution in [0.3, 0.4) is 0 Å². The van der Waals surface area contributed by atoms with Gasteiger partial charge < -0.3 is 9.32 Å². The average Bonchev–Trinajstić information content (AvgIpc) is 2.93. The predicted octanol–water partition coefficient (Wildman–Crippen LogP) is 1.49. The van der Waals surface area contributed by atoms with Crippen LogP contribution in [0.4, 0.5) is 0 Å². The molecule has 2 aromatic heterocycles. The van der Waals surface area contributed by atoms with E-state index in [2.05, 4.69) is 10.2 Å². The van der Waals surface area contributed by atoms with E-state index in [9.17, 15) is 4.79 Å². The van der Waals surface area contributed by atoms with Gasteiger partial charge in [-0.25, -0.2) is 0 Å². The van der Waals surface area contributed by atoms with Gasteiger partial charge in [0, 0.05) is 18.3 Å². The molecular weight excluding hydrogens is 206 g/mol. The third kappa shape index (κ3) is 0.997. The van der Waals surface area contributed by atoms with Gasteiger partial charge in [0.05, 0.1) is 6.26 Å². The first kappa shape index (κ1) is 9.21. The van der Waals surface area contributed by atoms with Crippen molar-refractivity contribution in [1.82, 2.24) is 15.1 Å². The third-order valence-electron chi connectivity index (χ3n) is 2.99. The highest BCUT2D eigenvalue weighted by Crippen LogP contribution is 2.37. The molecule has 2 aromatic rings. The second-order valence-electron chi connectivity index (χ2n) is 3.94. The number of aryl methyl sites for hydroxylation is 1. The summed E-state index contributed by atoms with van der Waals surface area (Å²) in [5, 5.41) is 6.87. The van der Waals surface area contributed by atoms with E-state index in [1.807, 2.05) is 19.1 Å². The van der Waals surface area contributed by atoms with E-state index in [4.69, 9.17) is 4.42 Å².